The van der Waals surface area contributed by atoms with Gasteiger partial charge in [-0.15, -0.1) is 0 Å². The monoisotopic (exact) mass is 322 g/mol. The summed E-state index contributed by atoms with van der Waals surface area (Å²) in [5.74, 6) is 0.121. The van der Waals surface area contributed by atoms with E-state index in [-0.39, 0.29) is 5.91 Å². The van der Waals surface area contributed by atoms with E-state index in [2.05, 4.69) is 20.2 Å². The van der Waals surface area contributed by atoms with Crippen LogP contribution in [0.2, 0.25) is 0 Å². The molecule has 126 valence electrons. The van der Waals surface area contributed by atoms with Gasteiger partial charge in [-0.05, 0) is 0 Å². The second kappa shape index (κ2) is 7.20. The Morgan fingerprint density at radius 3 is 2.78 bits per heavy atom. The second-order valence-corrected chi connectivity index (χ2v) is 5.60. The Bertz CT molecular complexity index is 538. The molecule has 2 aliphatic rings. The van der Waals surface area contributed by atoms with Crippen molar-refractivity contribution < 1.29 is 19.0 Å². The topological polar surface area (TPSA) is 85.8 Å². The number of piperidine rings is 1. The van der Waals surface area contributed by atoms with Gasteiger partial charge in [0.1, 0.15) is 17.8 Å². The zero-order valence-electron chi connectivity index (χ0n) is 13.3. The quantitative estimate of drug-likeness (QED) is 0.775. The molecule has 1 spiro atoms. The molecule has 1 aromatic rings. The zero-order chi connectivity index (χ0) is 16.1. The van der Waals surface area contributed by atoms with Crippen molar-refractivity contribution in [3.05, 3.63) is 18.1 Å². The van der Waals surface area contributed by atoms with Crippen molar-refractivity contribution in [2.24, 2.45) is 0 Å². The van der Waals surface area contributed by atoms with Crippen LogP contribution in [0.1, 0.15) is 23.3 Å². The minimum Gasteiger partial charge on any atom is -0.383 e. The maximum absolute atomic E-state index is 12.0. The number of carbonyl (C=O) groups is 1. The van der Waals surface area contributed by atoms with Gasteiger partial charge in [-0.1, -0.05) is 0 Å². The molecular weight excluding hydrogens is 300 g/mol. The van der Waals surface area contributed by atoms with E-state index in [1.807, 2.05) is 0 Å². The Morgan fingerprint density at radius 1 is 1.35 bits per heavy atom. The first-order valence-corrected chi connectivity index (χ1v) is 7.84. The summed E-state index contributed by atoms with van der Waals surface area (Å²) < 4.78 is 16.4. The molecule has 0 radical (unpaired) electrons. The third-order valence-electron chi connectivity index (χ3n) is 4.14. The third kappa shape index (κ3) is 3.77. The largest absolute Gasteiger partial charge is 0.383 e. The lowest BCUT2D eigenvalue weighted by Gasteiger charge is -2.38. The number of rotatable bonds is 5. The van der Waals surface area contributed by atoms with E-state index in [9.17, 15) is 4.79 Å². The number of amides is 1. The molecule has 8 heteroatoms. The van der Waals surface area contributed by atoms with Gasteiger partial charge in [-0.25, -0.2) is 9.97 Å². The minimum absolute atomic E-state index is 0.221. The summed E-state index contributed by atoms with van der Waals surface area (Å²) in [6.45, 7) is 3.82. The van der Waals surface area contributed by atoms with Gasteiger partial charge in [0, 0.05) is 45.7 Å². The molecule has 1 amide bonds. The molecule has 0 aromatic carbocycles. The normalized spacial score (nSPS) is 20.0. The second-order valence-electron chi connectivity index (χ2n) is 5.60. The first-order chi connectivity index (χ1) is 11.2. The van der Waals surface area contributed by atoms with Gasteiger partial charge in [-0.2, -0.15) is 0 Å². The van der Waals surface area contributed by atoms with Crippen LogP contribution in [0.3, 0.4) is 0 Å². The van der Waals surface area contributed by atoms with Gasteiger partial charge >= 0.3 is 0 Å². The van der Waals surface area contributed by atoms with Crippen LogP contribution in [-0.4, -0.2) is 68.2 Å². The molecule has 3 heterocycles. The van der Waals surface area contributed by atoms with Crippen LogP contribution in [0.5, 0.6) is 0 Å². The van der Waals surface area contributed by atoms with Crippen LogP contribution < -0.4 is 10.2 Å². The number of carbonyl (C=O) groups excluding carboxylic acids is 1. The van der Waals surface area contributed by atoms with Crippen LogP contribution in [0.4, 0.5) is 5.82 Å². The third-order valence-corrected chi connectivity index (χ3v) is 4.14. The van der Waals surface area contributed by atoms with Crippen LogP contribution in [0.15, 0.2) is 12.4 Å². The lowest BCUT2D eigenvalue weighted by molar-refractivity contribution is -0.169. The maximum Gasteiger partial charge on any atom is 0.270 e. The maximum atomic E-state index is 12.0. The van der Waals surface area contributed by atoms with E-state index in [0.717, 1.165) is 31.7 Å². The standard InChI is InChI=1S/C15H22N4O4/c1-21-7-4-16-14(20)12-10-13(18-11-17-12)19-5-2-15(3-6-19)22-8-9-23-15/h10-11H,2-9H2,1H3,(H,16,20). The van der Waals surface area contributed by atoms with Crippen molar-refractivity contribution in [1.29, 1.82) is 0 Å². The molecule has 0 atom stereocenters. The summed E-state index contributed by atoms with van der Waals surface area (Å²) in [6, 6.07) is 1.72. The predicted molar refractivity (Wildman–Crippen MR) is 82.3 cm³/mol. The average Bonchev–Trinajstić information content (AvgIpc) is 3.04. The van der Waals surface area contributed by atoms with E-state index in [4.69, 9.17) is 14.2 Å². The number of nitrogens with zero attached hydrogens (tertiary/aromatic N) is 3. The summed E-state index contributed by atoms with van der Waals surface area (Å²) in [6.07, 6.45) is 3.02. The number of ether oxygens (including phenoxy) is 3. The number of aromatic nitrogens is 2. The van der Waals surface area contributed by atoms with Crippen molar-refractivity contribution in [3.8, 4) is 0 Å². The summed E-state index contributed by atoms with van der Waals surface area (Å²) in [5, 5.41) is 2.76. The molecule has 2 saturated heterocycles. The van der Waals surface area contributed by atoms with Crippen molar-refractivity contribution in [2.75, 3.05) is 51.5 Å². The van der Waals surface area contributed by atoms with Gasteiger partial charge in [-0.3, -0.25) is 4.79 Å². The fraction of sp³-hybridized carbons (Fsp3) is 0.667. The molecule has 2 aliphatic heterocycles. The van der Waals surface area contributed by atoms with E-state index in [0.29, 0.717) is 32.1 Å². The fourth-order valence-corrected chi connectivity index (χ4v) is 2.86. The highest BCUT2D eigenvalue weighted by atomic mass is 16.7. The Kier molecular flexibility index (Phi) is 5.04. The summed E-state index contributed by atoms with van der Waals surface area (Å²) in [7, 11) is 1.59. The highest BCUT2D eigenvalue weighted by molar-refractivity contribution is 5.92. The molecule has 0 aliphatic carbocycles. The van der Waals surface area contributed by atoms with Crippen molar-refractivity contribution in [3.63, 3.8) is 0 Å². The Morgan fingerprint density at radius 2 is 2.09 bits per heavy atom. The summed E-state index contributed by atoms with van der Waals surface area (Å²) in [5.41, 5.74) is 0.361. The Labute approximate surface area is 135 Å². The van der Waals surface area contributed by atoms with Crippen LogP contribution in [0, 0.1) is 0 Å². The first-order valence-electron chi connectivity index (χ1n) is 7.84. The molecule has 3 rings (SSSR count). The lowest BCUT2D eigenvalue weighted by atomic mass is 10.0. The van der Waals surface area contributed by atoms with Crippen LogP contribution >= 0.6 is 0 Å². The van der Waals surface area contributed by atoms with Gasteiger partial charge in [0.25, 0.3) is 5.91 Å². The van der Waals surface area contributed by atoms with Gasteiger partial charge in [0.15, 0.2) is 5.79 Å². The first kappa shape index (κ1) is 16.1. The minimum atomic E-state index is -0.413. The summed E-state index contributed by atoms with van der Waals surface area (Å²) in [4.78, 5) is 22.5. The zero-order valence-corrected chi connectivity index (χ0v) is 13.3. The van der Waals surface area contributed by atoms with Crippen LogP contribution in [0.25, 0.3) is 0 Å². The van der Waals surface area contributed by atoms with Gasteiger partial charge in [0.2, 0.25) is 0 Å². The lowest BCUT2D eigenvalue weighted by Crippen LogP contribution is -2.45. The Hall–Kier alpha value is -1.77. The van der Waals surface area contributed by atoms with E-state index in [1.54, 1.807) is 13.2 Å². The van der Waals surface area contributed by atoms with Gasteiger partial charge < -0.3 is 24.4 Å². The smallest absolute Gasteiger partial charge is 0.270 e. The molecule has 1 aromatic heterocycles. The van der Waals surface area contributed by atoms with Crippen LogP contribution in [-0.2, 0) is 14.2 Å². The molecule has 1 N–H and O–H groups in total. The molecule has 0 saturated carbocycles. The van der Waals surface area contributed by atoms with E-state index >= 15 is 0 Å². The Balaban J connectivity index is 1.60. The highest BCUT2D eigenvalue weighted by Crippen LogP contribution is 2.32. The van der Waals surface area contributed by atoms with E-state index in [1.165, 1.54) is 6.33 Å². The number of anilines is 1. The number of hydrogen-bond donors (Lipinski definition) is 1. The number of nitrogens with one attached hydrogen (secondary N) is 1. The highest BCUT2D eigenvalue weighted by Gasteiger charge is 2.40. The number of hydrogen-bond acceptors (Lipinski definition) is 7. The van der Waals surface area contributed by atoms with Crippen molar-refractivity contribution >= 4 is 11.7 Å². The fourth-order valence-electron chi connectivity index (χ4n) is 2.86. The molecular formula is C15H22N4O4. The van der Waals surface area contributed by atoms with Gasteiger partial charge in [0.05, 0.1) is 19.8 Å². The van der Waals surface area contributed by atoms with E-state index < -0.39 is 5.79 Å². The molecule has 8 nitrogen and oxygen atoms in total. The summed E-state index contributed by atoms with van der Waals surface area (Å²) >= 11 is 0. The molecule has 0 bridgehead atoms. The molecule has 2 fully saturated rings. The SMILES string of the molecule is COCCNC(=O)c1cc(N2CCC3(CC2)OCCO3)ncn1. The predicted octanol–water partition coefficient (Wildman–Crippen LogP) is 0.196. The van der Waals surface area contributed by atoms with Crippen molar-refractivity contribution in [2.45, 2.75) is 18.6 Å². The number of methoxy groups -OCH3 is 1. The molecule has 23 heavy (non-hydrogen) atoms. The van der Waals surface area contributed by atoms with Crippen molar-refractivity contribution in [1.82, 2.24) is 15.3 Å². The average molecular weight is 322 g/mol. The molecule has 0 unspecified atom stereocenters.